The van der Waals surface area contributed by atoms with Crippen LogP contribution in [0.1, 0.15) is 64.7 Å². The normalized spacial score (nSPS) is 14.8. The van der Waals surface area contributed by atoms with Crippen LogP contribution in [0.25, 0.3) is 11.0 Å². The Kier molecular flexibility index (Phi) is 8.91. The van der Waals surface area contributed by atoms with E-state index in [-0.39, 0.29) is 27.9 Å². The number of carbonyl (C=O) groups is 3. The number of para-hydroxylation sites is 1. The van der Waals surface area contributed by atoms with E-state index < -0.39 is 29.5 Å². The summed E-state index contributed by atoms with van der Waals surface area (Å²) in [7, 11) is 1.49. The number of rotatable bonds is 12. The fraction of sp³-hybridized carbons (Fsp3) is 0.312. The fourth-order valence-electron chi connectivity index (χ4n) is 4.96. The third-order valence-corrected chi connectivity index (χ3v) is 8.04. The van der Waals surface area contributed by atoms with Crippen LogP contribution in [-0.4, -0.2) is 54.7 Å². The first kappa shape index (κ1) is 30.6. The van der Waals surface area contributed by atoms with Crippen molar-refractivity contribution in [3.05, 3.63) is 75.7 Å². The third kappa shape index (κ3) is 5.48. The highest BCUT2D eigenvalue weighted by molar-refractivity contribution is 7.17. The second kappa shape index (κ2) is 12.8. The van der Waals surface area contributed by atoms with Crippen molar-refractivity contribution in [3.8, 4) is 17.2 Å². The van der Waals surface area contributed by atoms with Crippen molar-refractivity contribution in [3.63, 3.8) is 0 Å². The van der Waals surface area contributed by atoms with Gasteiger partial charge >= 0.3 is 5.97 Å². The number of anilines is 1. The van der Waals surface area contributed by atoms with E-state index in [1.165, 1.54) is 18.1 Å². The molecule has 0 spiro atoms. The minimum atomic E-state index is -1.15. The van der Waals surface area contributed by atoms with Crippen molar-refractivity contribution in [2.45, 2.75) is 40.2 Å². The standard InChI is InChI=1S/C32H32N2O9S/c1-6-14-42-20-13-12-18(15-22(20)40-7-2)25-24(26(35)23-16-19-10-9-11-21(39-5)28(19)43-23)27(36)30(37)34(25)32-33-17(4)29(44-32)31(38)41-8-3/h9-13,15-16,25,36H,6-8,14H2,1-5H3. The van der Waals surface area contributed by atoms with Crippen LogP contribution in [-0.2, 0) is 9.53 Å². The minimum absolute atomic E-state index is 0.0961. The molecule has 12 heteroatoms. The van der Waals surface area contributed by atoms with Crippen LogP contribution in [0.15, 0.2) is 58.2 Å². The largest absolute Gasteiger partial charge is 0.503 e. The molecule has 1 aliphatic rings. The van der Waals surface area contributed by atoms with Gasteiger partial charge in [-0.05, 0) is 57.0 Å². The van der Waals surface area contributed by atoms with Gasteiger partial charge in [-0.25, -0.2) is 9.78 Å². The smallest absolute Gasteiger partial charge is 0.350 e. The number of aliphatic hydroxyl groups is 1. The number of aliphatic hydroxyl groups excluding tert-OH is 1. The monoisotopic (exact) mass is 620 g/mol. The molecule has 11 nitrogen and oxygen atoms in total. The summed E-state index contributed by atoms with van der Waals surface area (Å²) in [6.07, 6.45) is 0.780. The maximum Gasteiger partial charge on any atom is 0.350 e. The van der Waals surface area contributed by atoms with Crippen LogP contribution < -0.4 is 19.1 Å². The Morgan fingerprint density at radius 1 is 1.05 bits per heavy atom. The fourth-order valence-corrected chi connectivity index (χ4v) is 5.94. The average molecular weight is 621 g/mol. The van der Waals surface area contributed by atoms with E-state index in [4.69, 9.17) is 23.4 Å². The van der Waals surface area contributed by atoms with Gasteiger partial charge in [-0.2, -0.15) is 0 Å². The van der Waals surface area contributed by atoms with Crippen molar-refractivity contribution in [1.29, 1.82) is 0 Å². The predicted octanol–water partition coefficient (Wildman–Crippen LogP) is 6.35. The van der Waals surface area contributed by atoms with Crippen molar-refractivity contribution in [2.75, 3.05) is 31.8 Å². The van der Waals surface area contributed by atoms with Crippen LogP contribution >= 0.6 is 11.3 Å². The maximum atomic E-state index is 14.1. The highest BCUT2D eigenvalue weighted by Gasteiger charge is 2.47. The summed E-state index contributed by atoms with van der Waals surface area (Å²) in [4.78, 5) is 46.4. The molecule has 3 heterocycles. The molecule has 0 fully saturated rings. The second-order valence-corrected chi connectivity index (χ2v) is 10.8. The molecule has 1 aliphatic heterocycles. The molecule has 44 heavy (non-hydrogen) atoms. The van der Waals surface area contributed by atoms with Crippen molar-refractivity contribution < 1.29 is 42.9 Å². The molecule has 0 radical (unpaired) electrons. The number of hydrogen-bond acceptors (Lipinski definition) is 11. The topological polar surface area (TPSA) is 138 Å². The van der Waals surface area contributed by atoms with Gasteiger partial charge < -0.3 is 28.5 Å². The third-order valence-electron chi connectivity index (χ3n) is 6.90. The summed E-state index contributed by atoms with van der Waals surface area (Å²) in [5.74, 6) is -1.69. The molecule has 1 amide bonds. The Morgan fingerprint density at radius 3 is 2.55 bits per heavy atom. The maximum absolute atomic E-state index is 14.1. The van der Waals surface area contributed by atoms with Crippen molar-refractivity contribution >= 4 is 45.1 Å². The summed E-state index contributed by atoms with van der Waals surface area (Å²) in [5.41, 5.74) is 0.916. The Hall–Kier alpha value is -4.84. The first-order valence-corrected chi connectivity index (χ1v) is 15.0. The molecule has 0 aliphatic carbocycles. The molecule has 2 aromatic carbocycles. The zero-order chi connectivity index (χ0) is 31.5. The number of Topliss-reactive ketones (excluding diaryl/α,β-unsaturated/α-hetero) is 1. The van der Waals surface area contributed by atoms with Gasteiger partial charge in [-0.1, -0.05) is 36.5 Å². The van der Waals surface area contributed by atoms with E-state index in [0.29, 0.717) is 52.7 Å². The first-order valence-electron chi connectivity index (χ1n) is 14.2. The van der Waals surface area contributed by atoms with Gasteiger partial charge in [-0.3, -0.25) is 14.5 Å². The lowest BCUT2D eigenvalue weighted by Crippen LogP contribution is -2.31. The minimum Gasteiger partial charge on any atom is -0.503 e. The van der Waals surface area contributed by atoms with E-state index in [9.17, 15) is 19.5 Å². The lowest BCUT2D eigenvalue weighted by Gasteiger charge is -2.25. The quantitative estimate of drug-likeness (QED) is 0.141. The van der Waals surface area contributed by atoms with Gasteiger partial charge in [-0.15, -0.1) is 0 Å². The van der Waals surface area contributed by atoms with Crippen LogP contribution in [0, 0.1) is 6.92 Å². The number of hydrogen-bond donors (Lipinski definition) is 1. The van der Waals surface area contributed by atoms with Gasteiger partial charge in [0.25, 0.3) is 5.91 Å². The lowest BCUT2D eigenvalue weighted by atomic mass is 9.95. The number of methoxy groups -OCH3 is 1. The number of ether oxygens (including phenoxy) is 4. The number of ketones is 1. The van der Waals surface area contributed by atoms with E-state index in [2.05, 4.69) is 4.98 Å². The second-order valence-electron chi connectivity index (χ2n) is 9.78. The molecule has 1 N–H and O–H groups in total. The Bertz CT molecular complexity index is 1770. The van der Waals surface area contributed by atoms with Crippen LogP contribution in [0.3, 0.4) is 0 Å². The van der Waals surface area contributed by atoms with Gasteiger partial charge in [0, 0.05) is 5.39 Å². The number of furan rings is 1. The number of thiazole rings is 1. The number of nitrogens with zero attached hydrogens (tertiary/aromatic N) is 2. The summed E-state index contributed by atoms with van der Waals surface area (Å²) in [5, 5.41) is 12.0. The molecule has 4 aromatic rings. The molecule has 0 saturated heterocycles. The van der Waals surface area contributed by atoms with Gasteiger partial charge in [0.1, 0.15) is 4.88 Å². The molecule has 0 bridgehead atoms. The summed E-state index contributed by atoms with van der Waals surface area (Å²) < 4.78 is 28.2. The highest BCUT2D eigenvalue weighted by Crippen LogP contribution is 2.46. The SMILES string of the molecule is CCCOc1ccc(C2C(C(=O)c3cc4cccc(OC)c4o3)=C(O)C(=O)N2c2nc(C)c(C(=O)OCC)s2)cc1OCC. The number of aromatic nitrogens is 1. The van der Waals surface area contributed by atoms with E-state index >= 15 is 0 Å². The van der Waals surface area contributed by atoms with Crippen LogP contribution in [0.4, 0.5) is 5.13 Å². The molecular formula is C32H32N2O9S. The zero-order valence-corrected chi connectivity index (χ0v) is 25.8. The summed E-state index contributed by atoms with van der Waals surface area (Å²) in [6, 6.07) is 10.7. The van der Waals surface area contributed by atoms with Crippen LogP contribution in [0.2, 0.25) is 0 Å². The lowest BCUT2D eigenvalue weighted by molar-refractivity contribution is -0.117. The molecule has 5 rings (SSSR count). The predicted molar refractivity (Wildman–Crippen MR) is 163 cm³/mol. The van der Waals surface area contributed by atoms with Crippen LogP contribution in [0.5, 0.6) is 17.2 Å². The van der Waals surface area contributed by atoms with E-state index in [1.54, 1.807) is 50.2 Å². The summed E-state index contributed by atoms with van der Waals surface area (Å²) >= 11 is 0.930. The Balaban J connectivity index is 1.67. The molecule has 2 aromatic heterocycles. The number of esters is 1. The molecule has 1 unspecified atom stereocenters. The van der Waals surface area contributed by atoms with E-state index in [1.807, 2.05) is 13.8 Å². The Labute approximate surface area is 257 Å². The molecule has 230 valence electrons. The number of carbonyl (C=O) groups excluding carboxylic acids is 3. The first-order chi connectivity index (χ1) is 21.2. The summed E-state index contributed by atoms with van der Waals surface area (Å²) in [6.45, 7) is 8.07. The van der Waals surface area contributed by atoms with Gasteiger partial charge in [0.15, 0.2) is 39.5 Å². The van der Waals surface area contributed by atoms with E-state index in [0.717, 1.165) is 17.8 Å². The van der Waals surface area contributed by atoms with Crippen molar-refractivity contribution in [2.24, 2.45) is 0 Å². The molecular weight excluding hydrogens is 588 g/mol. The molecule has 1 atom stereocenters. The highest BCUT2D eigenvalue weighted by atomic mass is 32.1. The zero-order valence-electron chi connectivity index (χ0n) is 25.0. The average Bonchev–Trinajstić information content (AvgIpc) is 3.70. The number of fused-ring (bicyclic) bond motifs is 1. The molecule has 0 saturated carbocycles. The number of aryl methyl sites for hydroxylation is 1. The van der Waals surface area contributed by atoms with Crippen molar-refractivity contribution in [1.82, 2.24) is 4.98 Å². The number of benzene rings is 2. The number of amides is 1. The van der Waals surface area contributed by atoms with Gasteiger partial charge in [0.2, 0.25) is 5.78 Å². The van der Waals surface area contributed by atoms with Gasteiger partial charge in [0.05, 0.1) is 44.2 Å². The Morgan fingerprint density at radius 2 is 1.84 bits per heavy atom.